The summed E-state index contributed by atoms with van der Waals surface area (Å²) in [5, 5.41) is 18.5. The van der Waals surface area contributed by atoms with Crippen LogP contribution in [0.5, 0.6) is 0 Å². The molecule has 0 unspecified atom stereocenters. The van der Waals surface area contributed by atoms with Gasteiger partial charge in [0.2, 0.25) is 0 Å². The van der Waals surface area contributed by atoms with Crippen LogP contribution in [0.4, 0.5) is 22.7 Å². The maximum absolute atomic E-state index is 12.4. The van der Waals surface area contributed by atoms with Crippen molar-refractivity contribution in [2.75, 3.05) is 16.0 Å². The van der Waals surface area contributed by atoms with Gasteiger partial charge < -0.3 is 16.0 Å². The number of rotatable bonds is 9. The molecule has 0 radical (unpaired) electrons. The van der Waals surface area contributed by atoms with E-state index in [1.54, 1.807) is 0 Å². The first-order chi connectivity index (χ1) is 15.2. The van der Waals surface area contributed by atoms with Gasteiger partial charge in [-0.25, -0.2) is 0 Å². The summed E-state index contributed by atoms with van der Waals surface area (Å²) in [5.41, 5.74) is 4.64. The summed E-state index contributed by atoms with van der Waals surface area (Å²) in [6, 6.07) is 27.2. The number of carbonyl (C=O) groups excluding carboxylic acids is 1. The van der Waals surface area contributed by atoms with Crippen molar-refractivity contribution in [3.63, 3.8) is 0 Å². The van der Waals surface area contributed by atoms with E-state index in [1.807, 2.05) is 84.9 Å². The third kappa shape index (κ3) is 6.76. The SMILES string of the molecule is CCCCc1ccc(NC(=O)/C(C#N)=C\Nc2ccc(Nc3ccccc3)cc2)cc1. The third-order valence-corrected chi connectivity index (χ3v) is 4.73. The molecule has 156 valence electrons. The quantitative estimate of drug-likeness (QED) is 0.289. The van der Waals surface area contributed by atoms with Crippen molar-refractivity contribution in [1.29, 1.82) is 5.26 Å². The lowest BCUT2D eigenvalue weighted by molar-refractivity contribution is -0.112. The van der Waals surface area contributed by atoms with Crippen LogP contribution in [0.1, 0.15) is 25.3 Å². The molecule has 0 saturated heterocycles. The molecule has 0 heterocycles. The Morgan fingerprint density at radius 3 is 2.13 bits per heavy atom. The molecule has 0 bridgehead atoms. The van der Waals surface area contributed by atoms with Crippen molar-refractivity contribution in [3.05, 3.63) is 96.2 Å². The van der Waals surface area contributed by atoms with E-state index in [-0.39, 0.29) is 5.57 Å². The molecule has 0 aromatic heterocycles. The molecule has 5 heteroatoms. The normalized spacial score (nSPS) is 10.8. The van der Waals surface area contributed by atoms with E-state index in [2.05, 4.69) is 22.9 Å². The van der Waals surface area contributed by atoms with Crippen molar-refractivity contribution in [2.45, 2.75) is 26.2 Å². The Morgan fingerprint density at radius 1 is 0.871 bits per heavy atom. The second kappa shape index (κ2) is 11.2. The van der Waals surface area contributed by atoms with Gasteiger partial charge in [0.1, 0.15) is 11.6 Å². The molecular formula is C26H26N4O. The number of carbonyl (C=O) groups is 1. The molecule has 3 rings (SSSR count). The van der Waals surface area contributed by atoms with Crippen LogP contribution >= 0.6 is 0 Å². The van der Waals surface area contributed by atoms with E-state index in [4.69, 9.17) is 0 Å². The number of nitrogens with one attached hydrogen (secondary N) is 3. The maximum atomic E-state index is 12.4. The molecule has 3 aromatic rings. The Morgan fingerprint density at radius 2 is 1.48 bits per heavy atom. The highest BCUT2D eigenvalue weighted by Gasteiger charge is 2.09. The van der Waals surface area contributed by atoms with Crippen molar-refractivity contribution < 1.29 is 4.79 Å². The van der Waals surface area contributed by atoms with Crippen LogP contribution in [0.25, 0.3) is 0 Å². The van der Waals surface area contributed by atoms with Crippen molar-refractivity contribution in [3.8, 4) is 6.07 Å². The summed E-state index contributed by atoms with van der Waals surface area (Å²) in [6.07, 6.45) is 4.73. The molecule has 0 aliphatic rings. The number of unbranched alkanes of at least 4 members (excludes halogenated alkanes) is 1. The monoisotopic (exact) mass is 410 g/mol. The summed E-state index contributed by atoms with van der Waals surface area (Å²) < 4.78 is 0. The van der Waals surface area contributed by atoms with Gasteiger partial charge in [0.05, 0.1) is 0 Å². The molecule has 0 aliphatic heterocycles. The fraction of sp³-hybridized carbons (Fsp3) is 0.154. The molecule has 0 aliphatic carbocycles. The Kier molecular flexibility index (Phi) is 7.84. The largest absolute Gasteiger partial charge is 0.360 e. The van der Waals surface area contributed by atoms with Crippen molar-refractivity contribution in [1.82, 2.24) is 0 Å². The summed E-state index contributed by atoms with van der Waals surface area (Å²) in [4.78, 5) is 12.4. The van der Waals surface area contributed by atoms with Crippen LogP contribution in [-0.4, -0.2) is 5.91 Å². The molecule has 0 atom stereocenters. The fourth-order valence-electron chi connectivity index (χ4n) is 2.98. The minimum atomic E-state index is -0.446. The van der Waals surface area contributed by atoms with Gasteiger partial charge in [0.15, 0.2) is 0 Å². The molecule has 0 saturated carbocycles. The zero-order valence-corrected chi connectivity index (χ0v) is 17.6. The van der Waals surface area contributed by atoms with Crippen LogP contribution in [0.2, 0.25) is 0 Å². The number of nitriles is 1. The highest BCUT2D eigenvalue weighted by Crippen LogP contribution is 2.19. The minimum Gasteiger partial charge on any atom is -0.360 e. The van der Waals surface area contributed by atoms with Gasteiger partial charge in [-0.2, -0.15) is 5.26 Å². The number of benzene rings is 3. The number of aryl methyl sites for hydroxylation is 1. The Balaban J connectivity index is 1.57. The van der Waals surface area contributed by atoms with Gasteiger partial charge in [0, 0.05) is 28.9 Å². The molecule has 3 aromatic carbocycles. The lowest BCUT2D eigenvalue weighted by atomic mass is 10.1. The van der Waals surface area contributed by atoms with Gasteiger partial charge in [-0.1, -0.05) is 43.7 Å². The highest BCUT2D eigenvalue weighted by atomic mass is 16.1. The Labute approximate surface area is 183 Å². The van der Waals surface area contributed by atoms with Crippen LogP contribution in [0.15, 0.2) is 90.6 Å². The van der Waals surface area contributed by atoms with Crippen LogP contribution in [0.3, 0.4) is 0 Å². The summed E-state index contributed by atoms with van der Waals surface area (Å²) >= 11 is 0. The maximum Gasteiger partial charge on any atom is 0.267 e. The average molecular weight is 411 g/mol. The minimum absolute atomic E-state index is 0.00143. The molecular weight excluding hydrogens is 384 g/mol. The van der Waals surface area contributed by atoms with Crippen LogP contribution in [-0.2, 0) is 11.2 Å². The highest BCUT2D eigenvalue weighted by molar-refractivity contribution is 6.06. The molecule has 0 fully saturated rings. The number of para-hydroxylation sites is 1. The van der Waals surface area contributed by atoms with Gasteiger partial charge in [-0.15, -0.1) is 0 Å². The molecule has 3 N–H and O–H groups in total. The van der Waals surface area contributed by atoms with E-state index in [0.29, 0.717) is 5.69 Å². The zero-order chi connectivity index (χ0) is 21.9. The lowest BCUT2D eigenvalue weighted by Crippen LogP contribution is -2.14. The molecule has 0 spiro atoms. The summed E-state index contributed by atoms with van der Waals surface area (Å²) in [7, 11) is 0. The Hall–Kier alpha value is -4.04. The number of amides is 1. The van der Waals surface area contributed by atoms with Gasteiger partial charge in [-0.3, -0.25) is 4.79 Å². The number of hydrogen-bond acceptors (Lipinski definition) is 4. The van der Waals surface area contributed by atoms with Gasteiger partial charge >= 0.3 is 0 Å². The van der Waals surface area contributed by atoms with E-state index in [1.165, 1.54) is 11.8 Å². The summed E-state index contributed by atoms with van der Waals surface area (Å²) in [6.45, 7) is 2.16. The number of nitrogens with zero attached hydrogens (tertiary/aromatic N) is 1. The van der Waals surface area contributed by atoms with Gasteiger partial charge in [-0.05, 0) is 66.9 Å². The predicted molar refractivity (Wildman–Crippen MR) is 127 cm³/mol. The number of hydrogen-bond donors (Lipinski definition) is 3. The molecule has 31 heavy (non-hydrogen) atoms. The first-order valence-electron chi connectivity index (χ1n) is 10.4. The van der Waals surface area contributed by atoms with E-state index >= 15 is 0 Å². The van der Waals surface area contributed by atoms with Crippen LogP contribution < -0.4 is 16.0 Å². The first kappa shape index (κ1) is 21.7. The Bertz CT molecular complexity index is 1050. The smallest absolute Gasteiger partial charge is 0.267 e. The van der Waals surface area contributed by atoms with Crippen LogP contribution in [0, 0.1) is 11.3 Å². The fourth-order valence-corrected chi connectivity index (χ4v) is 2.98. The lowest BCUT2D eigenvalue weighted by Gasteiger charge is -2.08. The second-order valence-electron chi connectivity index (χ2n) is 7.14. The second-order valence-corrected chi connectivity index (χ2v) is 7.14. The van der Waals surface area contributed by atoms with E-state index in [0.717, 1.165) is 36.3 Å². The molecule has 5 nitrogen and oxygen atoms in total. The van der Waals surface area contributed by atoms with E-state index < -0.39 is 5.91 Å². The third-order valence-electron chi connectivity index (χ3n) is 4.73. The topological polar surface area (TPSA) is 77.0 Å². The average Bonchev–Trinajstić information content (AvgIpc) is 2.81. The predicted octanol–water partition coefficient (Wildman–Crippen LogP) is 6.23. The standard InChI is InChI=1S/C26H26N4O/c1-2-3-7-20-10-12-25(13-11-20)30-26(31)21(18-27)19-28-22-14-16-24(17-15-22)29-23-8-5-4-6-9-23/h4-6,8-17,19,28-29H,2-3,7H2,1H3,(H,30,31)/b21-19-. The van der Waals surface area contributed by atoms with Gasteiger partial charge in [0.25, 0.3) is 5.91 Å². The van der Waals surface area contributed by atoms with Crippen molar-refractivity contribution in [2.24, 2.45) is 0 Å². The summed E-state index contributed by atoms with van der Waals surface area (Å²) in [5.74, 6) is -0.446. The zero-order valence-electron chi connectivity index (χ0n) is 17.6. The number of anilines is 4. The van der Waals surface area contributed by atoms with Crippen molar-refractivity contribution >= 4 is 28.7 Å². The first-order valence-corrected chi connectivity index (χ1v) is 10.4. The van der Waals surface area contributed by atoms with E-state index in [9.17, 15) is 10.1 Å². The molecule has 1 amide bonds.